The van der Waals surface area contributed by atoms with E-state index in [-0.39, 0.29) is 24.4 Å². The molecule has 0 bridgehead atoms. The molecule has 2 aromatic rings. The summed E-state index contributed by atoms with van der Waals surface area (Å²) >= 11 is 3.40. The standard InChI is InChI=1S/C21H20BrNO4/c22-16-2-1-3-19(11-16)27-18-8-4-15(5-9-18)21(25)26-13-14-10-20(24)23(12-14)17-6-7-17/h1-5,8-9,11,14,17H,6-7,10,12-13H2. The van der Waals surface area contributed by atoms with Crippen molar-refractivity contribution in [3.05, 3.63) is 58.6 Å². The monoisotopic (exact) mass is 429 g/mol. The van der Waals surface area contributed by atoms with Gasteiger partial charge in [0.2, 0.25) is 5.91 Å². The average Bonchev–Trinajstić information content (AvgIpc) is 3.43. The molecule has 1 amide bonds. The largest absolute Gasteiger partial charge is 0.462 e. The molecule has 1 atom stereocenters. The van der Waals surface area contributed by atoms with Gasteiger partial charge in [0.25, 0.3) is 0 Å². The number of hydrogen-bond acceptors (Lipinski definition) is 4. The second kappa shape index (κ2) is 7.72. The van der Waals surface area contributed by atoms with Gasteiger partial charge in [-0.15, -0.1) is 0 Å². The summed E-state index contributed by atoms with van der Waals surface area (Å²) < 4.78 is 12.1. The number of rotatable bonds is 6. The maximum atomic E-state index is 12.3. The van der Waals surface area contributed by atoms with Crippen LogP contribution in [0, 0.1) is 5.92 Å². The lowest BCUT2D eigenvalue weighted by atomic mass is 10.1. The van der Waals surface area contributed by atoms with E-state index < -0.39 is 0 Å². The van der Waals surface area contributed by atoms with Crippen molar-refractivity contribution < 1.29 is 19.1 Å². The molecule has 0 N–H and O–H groups in total. The number of likely N-dealkylation sites (tertiary alicyclic amines) is 1. The van der Waals surface area contributed by atoms with E-state index in [1.54, 1.807) is 24.3 Å². The molecule has 4 rings (SSSR count). The van der Waals surface area contributed by atoms with Gasteiger partial charge in [0, 0.05) is 29.4 Å². The fourth-order valence-electron chi connectivity index (χ4n) is 3.26. The van der Waals surface area contributed by atoms with Gasteiger partial charge in [-0.1, -0.05) is 22.0 Å². The highest BCUT2D eigenvalue weighted by Crippen LogP contribution is 2.32. The highest BCUT2D eigenvalue weighted by molar-refractivity contribution is 9.10. The van der Waals surface area contributed by atoms with E-state index in [0.29, 0.717) is 36.1 Å². The average molecular weight is 430 g/mol. The predicted octanol–water partition coefficient (Wildman–Crippen LogP) is 4.41. The molecular formula is C21H20BrNO4. The van der Waals surface area contributed by atoms with Crippen molar-refractivity contribution >= 4 is 27.8 Å². The predicted molar refractivity (Wildman–Crippen MR) is 104 cm³/mol. The number of hydrogen-bond donors (Lipinski definition) is 0. The van der Waals surface area contributed by atoms with Crippen LogP contribution in [0.15, 0.2) is 53.0 Å². The number of carbonyl (C=O) groups excluding carboxylic acids is 2. The first-order valence-electron chi connectivity index (χ1n) is 9.08. The Morgan fingerprint density at radius 1 is 1.11 bits per heavy atom. The molecule has 0 radical (unpaired) electrons. The van der Waals surface area contributed by atoms with Gasteiger partial charge in [-0.3, -0.25) is 4.79 Å². The van der Waals surface area contributed by atoms with Gasteiger partial charge >= 0.3 is 5.97 Å². The molecule has 1 aliphatic heterocycles. The maximum Gasteiger partial charge on any atom is 0.338 e. The summed E-state index contributed by atoms with van der Waals surface area (Å²) in [5.74, 6) is 1.27. The van der Waals surface area contributed by atoms with Crippen molar-refractivity contribution in [3.8, 4) is 11.5 Å². The van der Waals surface area contributed by atoms with Crippen LogP contribution in [0.2, 0.25) is 0 Å². The first-order chi connectivity index (χ1) is 13.1. The Bertz CT molecular complexity index is 848. The number of nitrogens with zero attached hydrogens (tertiary/aromatic N) is 1. The number of benzene rings is 2. The normalized spacial score (nSPS) is 19.2. The zero-order valence-corrected chi connectivity index (χ0v) is 16.4. The summed E-state index contributed by atoms with van der Waals surface area (Å²) in [5.41, 5.74) is 0.472. The van der Waals surface area contributed by atoms with Crippen molar-refractivity contribution in [3.63, 3.8) is 0 Å². The Labute approximate surface area is 166 Å². The second-order valence-corrected chi connectivity index (χ2v) is 7.95. The van der Waals surface area contributed by atoms with Crippen LogP contribution >= 0.6 is 15.9 Å². The summed E-state index contributed by atoms with van der Waals surface area (Å²) in [6.45, 7) is 0.986. The molecule has 1 saturated heterocycles. The van der Waals surface area contributed by atoms with E-state index >= 15 is 0 Å². The molecule has 27 heavy (non-hydrogen) atoms. The van der Waals surface area contributed by atoms with Gasteiger partial charge in [-0.2, -0.15) is 0 Å². The molecule has 6 heteroatoms. The third-order valence-corrected chi connectivity index (χ3v) is 5.29. The van der Waals surface area contributed by atoms with Crippen LogP contribution in [0.3, 0.4) is 0 Å². The SMILES string of the molecule is O=C(OCC1CC(=O)N(C2CC2)C1)c1ccc(Oc2cccc(Br)c2)cc1. The van der Waals surface area contributed by atoms with E-state index in [2.05, 4.69) is 15.9 Å². The lowest BCUT2D eigenvalue weighted by Crippen LogP contribution is -2.27. The summed E-state index contributed by atoms with van der Waals surface area (Å²) in [7, 11) is 0. The highest BCUT2D eigenvalue weighted by atomic mass is 79.9. The van der Waals surface area contributed by atoms with Gasteiger partial charge in [-0.25, -0.2) is 4.79 Å². The Kier molecular flexibility index (Phi) is 5.16. The maximum absolute atomic E-state index is 12.3. The van der Waals surface area contributed by atoms with Crippen molar-refractivity contribution in [2.24, 2.45) is 5.92 Å². The van der Waals surface area contributed by atoms with Gasteiger partial charge in [0.05, 0.1) is 12.2 Å². The summed E-state index contributed by atoms with van der Waals surface area (Å²) in [6, 6.07) is 14.8. The zero-order chi connectivity index (χ0) is 18.8. The van der Waals surface area contributed by atoms with Crippen LogP contribution in [0.5, 0.6) is 11.5 Å². The fraction of sp³-hybridized carbons (Fsp3) is 0.333. The molecule has 1 aliphatic carbocycles. The number of halogens is 1. The molecule has 140 valence electrons. The molecule has 0 aromatic heterocycles. The van der Waals surface area contributed by atoms with Crippen LogP contribution in [0.25, 0.3) is 0 Å². The van der Waals surface area contributed by atoms with Gasteiger partial charge in [0.1, 0.15) is 11.5 Å². The van der Waals surface area contributed by atoms with E-state index in [1.165, 1.54) is 0 Å². The van der Waals surface area contributed by atoms with E-state index in [0.717, 1.165) is 17.3 Å². The van der Waals surface area contributed by atoms with Crippen LogP contribution in [0.1, 0.15) is 29.6 Å². The Hall–Kier alpha value is -2.34. The Balaban J connectivity index is 1.29. The third kappa shape index (κ3) is 4.50. The lowest BCUT2D eigenvalue weighted by molar-refractivity contribution is -0.128. The summed E-state index contributed by atoms with van der Waals surface area (Å²) in [5, 5.41) is 0. The molecule has 2 aliphatic rings. The first kappa shape index (κ1) is 18.0. The van der Waals surface area contributed by atoms with E-state index in [1.807, 2.05) is 29.2 Å². The minimum atomic E-state index is -0.374. The number of esters is 1. The molecule has 2 aromatic carbocycles. The van der Waals surface area contributed by atoms with Gasteiger partial charge in [-0.05, 0) is 55.3 Å². The molecule has 5 nitrogen and oxygen atoms in total. The topological polar surface area (TPSA) is 55.8 Å². The smallest absolute Gasteiger partial charge is 0.338 e. The first-order valence-corrected chi connectivity index (χ1v) is 9.88. The molecular weight excluding hydrogens is 410 g/mol. The molecule has 2 fully saturated rings. The van der Waals surface area contributed by atoms with Crippen molar-refractivity contribution in [2.45, 2.75) is 25.3 Å². The van der Waals surface area contributed by atoms with E-state index in [4.69, 9.17) is 9.47 Å². The minimum absolute atomic E-state index is 0.0983. The number of ether oxygens (including phenoxy) is 2. The zero-order valence-electron chi connectivity index (χ0n) is 14.8. The lowest BCUT2D eigenvalue weighted by Gasteiger charge is -2.15. The minimum Gasteiger partial charge on any atom is -0.462 e. The summed E-state index contributed by atoms with van der Waals surface area (Å²) in [4.78, 5) is 26.2. The van der Waals surface area contributed by atoms with Crippen molar-refractivity contribution in [1.29, 1.82) is 0 Å². The molecule has 1 saturated carbocycles. The number of amides is 1. The summed E-state index contributed by atoms with van der Waals surface area (Å²) in [6.07, 6.45) is 2.68. The molecule has 1 unspecified atom stereocenters. The van der Waals surface area contributed by atoms with Gasteiger partial charge in [0.15, 0.2) is 0 Å². The van der Waals surface area contributed by atoms with Gasteiger partial charge < -0.3 is 14.4 Å². The Morgan fingerprint density at radius 3 is 2.59 bits per heavy atom. The van der Waals surface area contributed by atoms with Crippen LogP contribution in [-0.4, -0.2) is 36.0 Å². The molecule has 1 heterocycles. The van der Waals surface area contributed by atoms with Crippen LogP contribution < -0.4 is 4.74 Å². The van der Waals surface area contributed by atoms with Crippen LogP contribution in [-0.2, 0) is 9.53 Å². The number of carbonyl (C=O) groups is 2. The van der Waals surface area contributed by atoms with Crippen LogP contribution in [0.4, 0.5) is 0 Å². The van der Waals surface area contributed by atoms with Crippen molar-refractivity contribution in [1.82, 2.24) is 4.90 Å². The second-order valence-electron chi connectivity index (χ2n) is 7.03. The fourth-order valence-corrected chi connectivity index (χ4v) is 3.64. The highest BCUT2D eigenvalue weighted by Gasteiger charge is 2.39. The third-order valence-electron chi connectivity index (χ3n) is 4.80. The van der Waals surface area contributed by atoms with E-state index in [9.17, 15) is 9.59 Å². The van der Waals surface area contributed by atoms with Crippen molar-refractivity contribution in [2.75, 3.05) is 13.2 Å². The Morgan fingerprint density at radius 2 is 1.89 bits per heavy atom. The molecule has 0 spiro atoms. The quantitative estimate of drug-likeness (QED) is 0.638.